The van der Waals surface area contributed by atoms with Crippen LogP contribution in [0.5, 0.6) is 11.5 Å². The van der Waals surface area contributed by atoms with Gasteiger partial charge in [-0.05, 0) is 23.7 Å². The van der Waals surface area contributed by atoms with Crippen molar-refractivity contribution in [2.45, 2.75) is 0 Å². The van der Waals surface area contributed by atoms with Crippen LogP contribution in [0.2, 0.25) is 0 Å². The lowest BCUT2D eigenvalue weighted by atomic mass is 10.1. The predicted molar refractivity (Wildman–Crippen MR) is 62.9 cm³/mol. The second kappa shape index (κ2) is 4.92. The van der Waals surface area contributed by atoms with Gasteiger partial charge in [0.05, 0.1) is 20.4 Å². The van der Waals surface area contributed by atoms with Crippen LogP contribution in [0.4, 0.5) is 0 Å². The van der Waals surface area contributed by atoms with Crippen LogP contribution in [0.1, 0.15) is 15.2 Å². The summed E-state index contributed by atoms with van der Waals surface area (Å²) in [4.78, 5) is 12.5. The second-order valence-electron chi connectivity index (χ2n) is 3.21. The Morgan fingerprint density at radius 3 is 2.29 bits per heavy atom. The standard InChI is InChI=1S/C11H10N2O3S/c1-15-8-3-7(4-9(5-8)16-2)11(14)10-6-12-13-17-10/h3-6H,1-2H3. The van der Waals surface area contributed by atoms with Crippen LogP contribution in [0, 0.1) is 0 Å². The monoisotopic (exact) mass is 250 g/mol. The zero-order chi connectivity index (χ0) is 12.3. The molecule has 0 saturated carbocycles. The molecule has 0 aliphatic carbocycles. The molecule has 0 radical (unpaired) electrons. The average molecular weight is 250 g/mol. The lowest BCUT2D eigenvalue weighted by Crippen LogP contribution is -2.00. The molecule has 17 heavy (non-hydrogen) atoms. The summed E-state index contributed by atoms with van der Waals surface area (Å²) >= 11 is 1.06. The van der Waals surface area contributed by atoms with Gasteiger partial charge in [0.1, 0.15) is 16.4 Å². The van der Waals surface area contributed by atoms with Crippen LogP contribution in [-0.2, 0) is 0 Å². The lowest BCUT2D eigenvalue weighted by molar-refractivity contribution is 0.104. The Hall–Kier alpha value is -1.95. The maximum Gasteiger partial charge on any atom is 0.206 e. The molecular formula is C11H10N2O3S. The minimum atomic E-state index is -0.141. The van der Waals surface area contributed by atoms with Crippen molar-refractivity contribution in [3.05, 3.63) is 34.8 Å². The van der Waals surface area contributed by atoms with Crippen LogP contribution in [0.15, 0.2) is 24.4 Å². The molecule has 0 bridgehead atoms. The highest BCUT2D eigenvalue weighted by Crippen LogP contribution is 2.24. The quantitative estimate of drug-likeness (QED) is 0.774. The normalized spacial score (nSPS) is 10.0. The zero-order valence-corrected chi connectivity index (χ0v) is 10.2. The fourth-order valence-corrected chi connectivity index (χ4v) is 1.83. The van der Waals surface area contributed by atoms with Gasteiger partial charge >= 0.3 is 0 Å². The third-order valence-electron chi connectivity index (χ3n) is 2.20. The first-order valence-corrected chi connectivity index (χ1v) is 5.57. The number of hydrogen-bond donors (Lipinski definition) is 0. The first-order valence-electron chi connectivity index (χ1n) is 4.79. The average Bonchev–Trinajstić information content (AvgIpc) is 2.91. The van der Waals surface area contributed by atoms with E-state index >= 15 is 0 Å². The van der Waals surface area contributed by atoms with E-state index in [4.69, 9.17) is 9.47 Å². The van der Waals surface area contributed by atoms with Crippen LogP contribution < -0.4 is 9.47 Å². The van der Waals surface area contributed by atoms with Gasteiger partial charge < -0.3 is 9.47 Å². The first-order chi connectivity index (χ1) is 8.24. The number of ketones is 1. The number of nitrogens with zero attached hydrogens (tertiary/aromatic N) is 2. The summed E-state index contributed by atoms with van der Waals surface area (Å²) in [5, 5.41) is 3.64. The van der Waals surface area contributed by atoms with Crippen LogP contribution in [0.25, 0.3) is 0 Å². The minimum Gasteiger partial charge on any atom is -0.497 e. The zero-order valence-electron chi connectivity index (χ0n) is 9.34. The van der Waals surface area contributed by atoms with Crippen molar-refractivity contribution >= 4 is 17.3 Å². The summed E-state index contributed by atoms with van der Waals surface area (Å²) in [5.41, 5.74) is 0.493. The number of carbonyl (C=O) groups is 1. The maximum absolute atomic E-state index is 12.1. The highest BCUT2D eigenvalue weighted by atomic mass is 32.1. The third-order valence-corrected chi connectivity index (χ3v) is 2.86. The second-order valence-corrected chi connectivity index (χ2v) is 4.00. The Labute approximate surface area is 102 Å². The molecule has 0 spiro atoms. The lowest BCUT2D eigenvalue weighted by Gasteiger charge is -2.06. The third kappa shape index (κ3) is 2.42. The summed E-state index contributed by atoms with van der Waals surface area (Å²) < 4.78 is 13.9. The van der Waals surface area contributed by atoms with E-state index in [0.717, 1.165) is 11.5 Å². The fraction of sp³-hybridized carbons (Fsp3) is 0.182. The van der Waals surface area contributed by atoms with E-state index in [0.29, 0.717) is 21.9 Å². The summed E-state index contributed by atoms with van der Waals surface area (Å²) in [5.74, 6) is 1.01. The van der Waals surface area contributed by atoms with Gasteiger partial charge in [-0.1, -0.05) is 4.49 Å². The van der Waals surface area contributed by atoms with Gasteiger partial charge in [0.25, 0.3) is 0 Å². The molecule has 0 N–H and O–H groups in total. The smallest absolute Gasteiger partial charge is 0.206 e. The van der Waals surface area contributed by atoms with E-state index < -0.39 is 0 Å². The van der Waals surface area contributed by atoms with Gasteiger partial charge in [0.15, 0.2) is 0 Å². The summed E-state index contributed by atoms with van der Waals surface area (Å²) in [6, 6.07) is 5.02. The molecular weight excluding hydrogens is 240 g/mol. The highest BCUT2D eigenvalue weighted by Gasteiger charge is 2.14. The topological polar surface area (TPSA) is 61.3 Å². The molecule has 1 aromatic carbocycles. The number of rotatable bonds is 4. The summed E-state index contributed by atoms with van der Waals surface area (Å²) in [6.07, 6.45) is 1.44. The maximum atomic E-state index is 12.1. The first kappa shape index (κ1) is 11.5. The number of ether oxygens (including phenoxy) is 2. The Morgan fingerprint density at radius 2 is 1.82 bits per heavy atom. The van der Waals surface area contributed by atoms with Crippen LogP contribution >= 0.6 is 11.5 Å². The minimum absolute atomic E-state index is 0.141. The van der Waals surface area contributed by atoms with Crippen molar-refractivity contribution in [3.8, 4) is 11.5 Å². The number of methoxy groups -OCH3 is 2. The molecule has 5 nitrogen and oxygen atoms in total. The summed E-state index contributed by atoms with van der Waals surface area (Å²) in [6.45, 7) is 0. The van der Waals surface area contributed by atoms with Gasteiger partial charge in [0.2, 0.25) is 5.78 Å². The van der Waals surface area contributed by atoms with E-state index in [1.165, 1.54) is 20.4 Å². The SMILES string of the molecule is COc1cc(OC)cc(C(=O)c2cnns2)c1. The van der Waals surface area contributed by atoms with Crippen molar-refractivity contribution in [1.82, 2.24) is 9.59 Å². The van der Waals surface area contributed by atoms with Gasteiger partial charge in [-0.2, -0.15) is 0 Å². The van der Waals surface area contributed by atoms with E-state index in [9.17, 15) is 4.79 Å². The molecule has 6 heteroatoms. The molecule has 0 amide bonds. The number of hydrogen-bond acceptors (Lipinski definition) is 6. The Bertz CT molecular complexity index is 503. The van der Waals surface area contributed by atoms with Crippen molar-refractivity contribution < 1.29 is 14.3 Å². The molecule has 88 valence electrons. The Morgan fingerprint density at radius 1 is 1.18 bits per heavy atom. The van der Waals surface area contributed by atoms with Crippen molar-refractivity contribution in [1.29, 1.82) is 0 Å². The fourth-order valence-electron chi connectivity index (χ4n) is 1.35. The van der Waals surface area contributed by atoms with E-state index in [1.807, 2.05) is 0 Å². The van der Waals surface area contributed by atoms with E-state index in [-0.39, 0.29) is 5.78 Å². The predicted octanol–water partition coefficient (Wildman–Crippen LogP) is 1.79. The highest BCUT2D eigenvalue weighted by molar-refractivity contribution is 7.08. The van der Waals surface area contributed by atoms with E-state index in [1.54, 1.807) is 18.2 Å². The summed E-state index contributed by atoms with van der Waals surface area (Å²) in [7, 11) is 3.08. The Kier molecular flexibility index (Phi) is 3.34. The number of carbonyl (C=O) groups excluding carboxylic acids is 1. The molecule has 1 aromatic heterocycles. The van der Waals surface area contributed by atoms with Crippen molar-refractivity contribution in [2.24, 2.45) is 0 Å². The van der Waals surface area contributed by atoms with Gasteiger partial charge in [-0.15, -0.1) is 5.10 Å². The van der Waals surface area contributed by atoms with E-state index in [2.05, 4.69) is 9.59 Å². The molecule has 0 fully saturated rings. The van der Waals surface area contributed by atoms with Crippen molar-refractivity contribution in [2.75, 3.05) is 14.2 Å². The van der Waals surface area contributed by atoms with Gasteiger partial charge in [0, 0.05) is 11.6 Å². The largest absolute Gasteiger partial charge is 0.497 e. The van der Waals surface area contributed by atoms with Crippen LogP contribution in [-0.4, -0.2) is 29.6 Å². The van der Waals surface area contributed by atoms with Gasteiger partial charge in [-0.3, -0.25) is 4.79 Å². The molecule has 1 heterocycles. The molecule has 0 atom stereocenters. The molecule has 2 aromatic rings. The molecule has 0 aliphatic rings. The molecule has 0 unspecified atom stereocenters. The van der Waals surface area contributed by atoms with Gasteiger partial charge in [-0.25, -0.2) is 0 Å². The molecule has 0 saturated heterocycles. The van der Waals surface area contributed by atoms with Crippen molar-refractivity contribution in [3.63, 3.8) is 0 Å². The molecule has 2 rings (SSSR count). The number of benzene rings is 1. The molecule has 0 aliphatic heterocycles. The van der Waals surface area contributed by atoms with Crippen LogP contribution in [0.3, 0.4) is 0 Å². The number of aromatic nitrogens is 2. The Balaban J connectivity index is 2.41.